The number of anilines is 1. The summed E-state index contributed by atoms with van der Waals surface area (Å²) in [6.07, 6.45) is 0. The van der Waals surface area contributed by atoms with Gasteiger partial charge < -0.3 is 4.74 Å². The number of hydrogen-bond acceptors (Lipinski definition) is 4. The van der Waals surface area contributed by atoms with Gasteiger partial charge in [-0.25, -0.2) is 13.2 Å². The van der Waals surface area contributed by atoms with E-state index in [4.69, 9.17) is 4.74 Å². The molecule has 0 amide bonds. The number of hydrogen-bond donors (Lipinski definition) is 1. The van der Waals surface area contributed by atoms with Gasteiger partial charge >= 0.3 is 5.69 Å². The van der Waals surface area contributed by atoms with Crippen LogP contribution in [0.2, 0.25) is 0 Å². The van der Waals surface area contributed by atoms with E-state index in [1.807, 2.05) is 6.92 Å². The van der Waals surface area contributed by atoms with Crippen LogP contribution in [0.15, 0.2) is 34.0 Å². The zero-order valence-corrected chi connectivity index (χ0v) is 17.1. The second kappa shape index (κ2) is 6.45. The molecule has 144 valence electrons. The molecule has 27 heavy (non-hydrogen) atoms. The molecule has 0 saturated heterocycles. The summed E-state index contributed by atoms with van der Waals surface area (Å²) in [6.45, 7) is 5.34. The number of ether oxygens (including phenoxy) is 1. The average Bonchev–Trinajstić information content (AvgIpc) is 2.81. The lowest BCUT2D eigenvalue weighted by Crippen LogP contribution is -2.19. The van der Waals surface area contributed by atoms with Crippen molar-refractivity contribution in [1.82, 2.24) is 9.13 Å². The lowest BCUT2D eigenvalue weighted by atomic mass is 10.1. The molecule has 0 unspecified atom stereocenters. The summed E-state index contributed by atoms with van der Waals surface area (Å²) in [5, 5.41) is 0. The Kier molecular flexibility index (Phi) is 4.55. The number of nitrogens with one attached hydrogen (secondary N) is 1. The van der Waals surface area contributed by atoms with Crippen molar-refractivity contribution in [3.63, 3.8) is 0 Å². The Labute approximate surface area is 158 Å². The van der Waals surface area contributed by atoms with Crippen molar-refractivity contribution in [3.8, 4) is 5.75 Å². The number of nitrogens with zero attached hydrogens (tertiary/aromatic N) is 2. The summed E-state index contributed by atoms with van der Waals surface area (Å²) in [5.41, 5.74) is 3.66. The van der Waals surface area contributed by atoms with Crippen molar-refractivity contribution in [1.29, 1.82) is 0 Å². The van der Waals surface area contributed by atoms with E-state index in [1.165, 1.54) is 9.13 Å². The zero-order valence-electron chi connectivity index (χ0n) is 16.2. The van der Waals surface area contributed by atoms with Crippen molar-refractivity contribution < 1.29 is 13.2 Å². The highest BCUT2D eigenvalue weighted by Gasteiger charge is 2.23. The normalized spacial score (nSPS) is 11.8. The number of sulfonamides is 1. The summed E-state index contributed by atoms with van der Waals surface area (Å²) >= 11 is 0. The lowest BCUT2D eigenvalue weighted by Gasteiger charge is -2.17. The van der Waals surface area contributed by atoms with Gasteiger partial charge in [0.1, 0.15) is 5.75 Å². The molecule has 1 aromatic heterocycles. The predicted molar refractivity (Wildman–Crippen MR) is 106 cm³/mol. The number of rotatable bonds is 4. The molecule has 0 fully saturated rings. The van der Waals surface area contributed by atoms with Crippen molar-refractivity contribution in [2.75, 3.05) is 11.8 Å². The Morgan fingerprint density at radius 2 is 1.59 bits per heavy atom. The third kappa shape index (κ3) is 2.99. The zero-order chi connectivity index (χ0) is 20.1. The van der Waals surface area contributed by atoms with E-state index in [2.05, 4.69) is 4.72 Å². The van der Waals surface area contributed by atoms with Crippen LogP contribution < -0.4 is 15.1 Å². The van der Waals surface area contributed by atoms with Gasteiger partial charge in [-0.05, 0) is 61.7 Å². The van der Waals surface area contributed by atoms with Crippen LogP contribution in [0, 0.1) is 20.8 Å². The SMILES string of the molecule is COc1cc(C)c(S(=O)(=O)Nc2ccc3c(c2)n(C)c(=O)n3C)c(C)c1C. The molecule has 0 aliphatic carbocycles. The van der Waals surface area contributed by atoms with Gasteiger partial charge in [-0.3, -0.25) is 13.9 Å². The molecule has 2 aromatic carbocycles. The molecule has 0 saturated carbocycles. The van der Waals surface area contributed by atoms with E-state index in [9.17, 15) is 13.2 Å². The maximum atomic E-state index is 13.1. The number of fused-ring (bicyclic) bond motifs is 1. The number of aromatic nitrogens is 2. The van der Waals surface area contributed by atoms with E-state index in [1.54, 1.807) is 59.3 Å². The molecule has 0 spiro atoms. The standard InChI is InChI=1S/C19H23N3O4S/c1-11-9-17(26-6)12(2)13(3)18(11)27(24,25)20-14-7-8-15-16(10-14)22(5)19(23)21(15)4/h7-10,20H,1-6H3. The Bertz CT molecular complexity index is 1220. The first-order chi connectivity index (χ1) is 12.6. The number of aryl methyl sites for hydroxylation is 3. The van der Waals surface area contributed by atoms with Crippen LogP contribution in [0.5, 0.6) is 5.75 Å². The van der Waals surface area contributed by atoms with Gasteiger partial charge in [0.25, 0.3) is 10.0 Å². The highest BCUT2D eigenvalue weighted by molar-refractivity contribution is 7.92. The summed E-state index contributed by atoms with van der Waals surface area (Å²) in [5.74, 6) is 0.657. The van der Waals surface area contributed by atoms with Gasteiger partial charge in [-0.15, -0.1) is 0 Å². The van der Waals surface area contributed by atoms with Crippen LogP contribution in [0.25, 0.3) is 11.0 Å². The Morgan fingerprint density at radius 3 is 2.22 bits per heavy atom. The number of benzene rings is 2. The summed E-state index contributed by atoms with van der Waals surface area (Å²) < 4.78 is 37.1. The smallest absolute Gasteiger partial charge is 0.328 e. The second-order valence-corrected chi connectivity index (χ2v) is 8.30. The molecule has 0 bridgehead atoms. The van der Waals surface area contributed by atoms with Crippen LogP contribution in [-0.2, 0) is 24.1 Å². The van der Waals surface area contributed by atoms with Gasteiger partial charge in [0.15, 0.2) is 0 Å². The van der Waals surface area contributed by atoms with Crippen molar-refractivity contribution in [2.24, 2.45) is 14.1 Å². The van der Waals surface area contributed by atoms with Crippen molar-refractivity contribution >= 4 is 26.7 Å². The molecular weight excluding hydrogens is 366 g/mol. The fraction of sp³-hybridized carbons (Fsp3) is 0.316. The topological polar surface area (TPSA) is 82.3 Å². The third-order valence-corrected chi connectivity index (χ3v) is 6.66. The first-order valence-electron chi connectivity index (χ1n) is 8.41. The molecule has 0 radical (unpaired) electrons. The lowest BCUT2D eigenvalue weighted by molar-refractivity contribution is 0.410. The molecule has 3 rings (SSSR count). The van der Waals surface area contributed by atoms with Crippen LogP contribution in [0.3, 0.4) is 0 Å². The minimum atomic E-state index is -3.81. The Balaban J connectivity index is 2.10. The molecular formula is C19H23N3O4S. The van der Waals surface area contributed by atoms with E-state index in [-0.39, 0.29) is 10.6 Å². The highest BCUT2D eigenvalue weighted by atomic mass is 32.2. The fourth-order valence-corrected chi connectivity index (χ4v) is 5.00. The van der Waals surface area contributed by atoms with Crippen LogP contribution >= 0.6 is 0 Å². The maximum Gasteiger partial charge on any atom is 0.328 e. The molecule has 0 aliphatic heterocycles. The van der Waals surface area contributed by atoms with Crippen molar-refractivity contribution in [3.05, 3.63) is 51.4 Å². The van der Waals surface area contributed by atoms with Gasteiger partial charge in [0.05, 0.1) is 28.7 Å². The summed E-state index contributed by atoms with van der Waals surface area (Å²) in [7, 11) is 1.09. The largest absolute Gasteiger partial charge is 0.496 e. The van der Waals surface area contributed by atoms with Gasteiger partial charge in [0.2, 0.25) is 0 Å². The van der Waals surface area contributed by atoms with E-state index < -0.39 is 10.0 Å². The van der Waals surface area contributed by atoms with Crippen molar-refractivity contribution in [2.45, 2.75) is 25.7 Å². The van der Waals surface area contributed by atoms with E-state index in [0.29, 0.717) is 28.1 Å². The van der Waals surface area contributed by atoms with Crippen LogP contribution in [-0.4, -0.2) is 24.7 Å². The first kappa shape index (κ1) is 19.0. The van der Waals surface area contributed by atoms with Gasteiger partial charge in [-0.2, -0.15) is 0 Å². The molecule has 3 aromatic rings. The minimum Gasteiger partial charge on any atom is -0.496 e. The summed E-state index contributed by atoms with van der Waals surface area (Å²) in [6, 6.07) is 6.77. The van der Waals surface area contributed by atoms with E-state index >= 15 is 0 Å². The molecule has 1 heterocycles. The molecule has 7 nitrogen and oxygen atoms in total. The minimum absolute atomic E-state index is 0.164. The molecule has 1 N–H and O–H groups in total. The number of methoxy groups -OCH3 is 1. The molecule has 8 heteroatoms. The fourth-order valence-electron chi connectivity index (χ4n) is 3.42. The second-order valence-electron chi connectivity index (χ2n) is 6.68. The molecule has 0 atom stereocenters. The van der Waals surface area contributed by atoms with Gasteiger partial charge in [0, 0.05) is 14.1 Å². The highest BCUT2D eigenvalue weighted by Crippen LogP contribution is 2.32. The monoisotopic (exact) mass is 389 g/mol. The number of imidazole rings is 1. The average molecular weight is 389 g/mol. The summed E-state index contributed by atoms with van der Waals surface area (Å²) in [4.78, 5) is 12.3. The Hall–Kier alpha value is -2.74. The Morgan fingerprint density at radius 1 is 0.963 bits per heavy atom. The van der Waals surface area contributed by atoms with Gasteiger partial charge in [-0.1, -0.05) is 0 Å². The maximum absolute atomic E-state index is 13.1. The quantitative estimate of drug-likeness (QED) is 0.744. The first-order valence-corrected chi connectivity index (χ1v) is 9.90. The third-order valence-electron chi connectivity index (χ3n) is 4.99. The van der Waals surface area contributed by atoms with Crippen LogP contribution in [0.1, 0.15) is 16.7 Å². The van der Waals surface area contributed by atoms with E-state index in [0.717, 1.165) is 11.1 Å². The predicted octanol–water partition coefficient (Wildman–Crippen LogP) is 2.61. The van der Waals surface area contributed by atoms with Crippen LogP contribution in [0.4, 0.5) is 5.69 Å². The molecule has 0 aliphatic rings.